The summed E-state index contributed by atoms with van der Waals surface area (Å²) >= 11 is 0. The molecule has 2 N–H and O–H groups in total. The highest BCUT2D eigenvalue weighted by atomic mass is 16.2. The van der Waals surface area contributed by atoms with Crippen molar-refractivity contribution >= 4 is 11.7 Å². The zero-order chi connectivity index (χ0) is 16.4. The Morgan fingerprint density at radius 2 is 2.05 bits per heavy atom. The Morgan fingerprint density at radius 3 is 2.64 bits per heavy atom. The van der Waals surface area contributed by atoms with E-state index in [1.807, 2.05) is 6.07 Å². The molecule has 0 spiro atoms. The Kier molecular flexibility index (Phi) is 7.76. The van der Waals surface area contributed by atoms with Gasteiger partial charge in [-0.05, 0) is 12.8 Å². The van der Waals surface area contributed by atoms with Gasteiger partial charge in [0.1, 0.15) is 6.07 Å². The van der Waals surface area contributed by atoms with Crippen LogP contribution in [-0.4, -0.2) is 28.5 Å². The van der Waals surface area contributed by atoms with E-state index in [0.29, 0.717) is 24.6 Å². The molecule has 0 aromatic carbocycles. The van der Waals surface area contributed by atoms with Crippen molar-refractivity contribution in [2.45, 2.75) is 46.1 Å². The number of hydrogen-bond donors (Lipinski definition) is 2. The highest BCUT2D eigenvalue weighted by Crippen LogP contribution is 2.18. The lowest BCUT2D eigenvalue weighted by Gasteiger charge is -2.10. The van der Waals surface area contributed by atoms with Crippen LogP contribution in [0.4, 0.5) is 5.82 Å². The molecule has 6 heteroatoms. The van der Waals surface area contributed by atoms with Gasteiger partial charge in [-0.15, -0.1) is 6.58 Å². The molecule has 0 aliphatic heterocycles. The van der Waals surface area contributed by atoms with E-state index < -0.39 is 0 Å². The SMILES string of the molecule is C=CCn1c(C#N)nc(NCCCC)c1C(=O)NCCCC. The Balaban J connectivity index is 3.05. The maximum absolute atomic E-state index is 12.4. The maximum atomic E-state index is 12.4. The number of nitrogens with zero attached hydrogens (tertiary/aromatic N) is 3. The van der Waals surface area contributed by atoms with Crippen LogP contribution >= 0.6 is 0 Å². The second kappa shape index (κ2) is 9.61. The molecule has 0 atom stereocenters. The number of hydrogen-bond acceptors (Lipinski definition) is 4. The van der Waals surface area contributed by atoms with Gasteiger partial charge in [0.15, 0.2) is 11.5 Å². The van der Waals surface area contributed by atoms with Crippen LogP contribution in [0.25, 0.3) is 0 Å². The van der Waals surface area contributed by atoms with Crippen LogP contribution in [0.2, 0.25) is 0 Å². The molecule has 0 aliphatic rings. The average molecular weight is 303 g/mol. The third-order valence-corrected chi connectivity index (χ3v) is 3.23. The zero-order valence-electron chi connectivity index (χ0n) is 13.5. The molecule has 1 amide bonds. The van der Waals surface area contributed by atoms with Crippen molar-refractivity contribution < 1.29 is 4.79 Å². The first-order chi connectivity index (χ1) is 10.7. The molecule has 0 bridgehead atoms. The number of imidazole rings is 1. The highest BCUT2D eigenvalue weighted by molar-refractivity contribution is 5.97. The summed E-state index contributed by atoms with van der Waals surface area (Å²) in [6.07, 6.45) is 5.61. The third-order valence-electron chi connectivity index (χ3n) is 3.23. The zero-order valence-corrected chi connectivity index (χ0v) is 13.5. The van der Waals surface area contributed by atoms with E-state index in [1.54, 1.807) is 10.6 Å². The van der Waals surface area contributed by atoms with Crippen molar-refractivity contribution in [1.29, 1.82) is 5.26 Å². The molecule has 1 aromatic rings. The smallest absolute Gasteiger partial charge is 0.271 e. The van der Waals surface area contributed by atoms with Gasteiger partial charge in [-0.25, -0.2) is 4.98 Å². The molecular formula is C16H25N5O. The van der Waals surface area contributed by atoms with Gasteiger partial charge >= 0.3 is 0 Å². The molecule has 0 saturated carbocycles. The van der Waals surface area contributed by atoms with Crippen LogP contribution in [0, 0.1) is 11.3 Å². The predicted octanol–water partition coefficient (Wildman–Crippen LogP) is 2.68. The van der Waals surface area contributed by atoms with Crippen LogP contribution in [0.1, 0.15) is 55.8 Å². The van der Waals surface area contributed by atoms with E-state index in [0.717, 1.165) is 32.2 Å². The van der Waals surface area contributed by atoms with Crippen molar-refractivity contribution in [3.63, 3.8) is 0 Å². The first-order valence-corrected chi connectivity index (χ1v) is 7.83. The fourth-order valence-electron chi connectivity index (χ4n) is 2.04. The summed E-state index contributed by atoms with van der Waals surface area (Å²) in [6, 6.07) is 2.04. The number of nitrogens with one attached hydrogen (secondary N) is 2. The minimum Gasteiger partial charge on any atom is -0.368 e. The van der Waals surface area contributed by atoms with Crippen molar-refractivity contribution in [2.75, 3.05) is 18.4 Å². The maximum Gasteiger partial charge on any atom is 0.271 e. The molecule has 120 valence electrons. The number of carbonyl (C=O) groups is 1. The summed E-state index contributed by atoms with van der Waals surface area (Å²) in [6.45, 7) is 9.56. The minimum atomic E-state index is -0.205. The minimum absolute atomic E-state index is 0.205. The van der Waals surface area contributed by atoms with E-state index in [2.05, 4.69) is 36.0 Å². The van der Waals surface area contributed by atoms with Crippen molar-refractivity contribution in [1.82, 2.24) is 14.9 Å². The second-order valence-corrected chi connectivity index (χ2v) is 5.03. The summed E-state index contributed by atoms with van der Waals surface area (Å²) < 4.78 is 1.60. The summed E-state index contributed by atoms with van der Waals surface area (Å²) in [5.74, 6) is 0.490. The Hall–Kier alpha value is -2.29. The topological polar surface area (TPSA) is 82.7 Å². The Labute approximate surface area is 132 Å². The fourth-order valence-corrected chi connectivity index (χ4v) is 2.04. The van der Waals surface area contributed by atoms with Crippen LogP contribution in [0.3, 0.4) is 0 Å². The molecule has 6 nitrogen and oxygen atoms in total. The van der Waals surface area contributed by atoms with E-state index >= 15 is 0 Å². The van der Waals surface area contributed by atoms with Gasteiger partial charge in [0, 0.05) is 19.6 Å². The van der Waals surface area contributed by atoms with E-state index in [-0.39, 0.29) is 11.7 Å². The summed E-state index contributed by atoms with van der Waals surface area (Å²) in [4.78, 5) is 16.7. The van der Waals surface area contributed by atoms with Gasteiger partial charge in [-0.2, -0.15) is 5.26 Å². The molecule has 1 heterocycles. The number of carbonyl (C=O) groups excluding carboxylic acids is 1. The lowest BCUT2D eigenvalue weighted by atomic mass is 10.3. The van der Waals surface area contributed by atoms with E-state index in [4.69, 9.17) is 0 Å². The van der Waals surface area contributed by atoms with Gasteiger partial charge in [-0.1, -0.05) is 32.8 Å². The molecule has 0 fully saturated rings. The van der Waals surface area contributed by atoms with E-state index in [1.165, 1.54) is 0 Å². The molecule has 0 unspecified atom stereocenters. The average Bonchev–Trinajstić information content (AvgIpc) is 2.86. The normalized spacial score (nSPS) is 10.0. The number of anilines is 1. The van der Waals surface area contributed by atoms with Gasteiger partial charge in [-0.3, -0.25) is 4.79 Å². The lowest BCUT2D eigenvalue weighted by molar-refractivity contribution is 0.0945. The first kappa shape index (κ1) is 17.8. The van der Waals surface area contributed by atoms with Crippen LogP contribution < -0.4 is 10.6 Å². The monoisotopic (exact) mass is 303 g/mol. The molecule has 1 aromatic heterocycles. The van der Waals surface area contributed by atoms with Crippen molar-refractivity contribution in [3.8, 4) is 6.07 Å². The number of nitriles is 1. The van der Waals surface area contributed by atoms with Gasteiger partial charge in [0.25, 0.3) is 5.91 Å². The van der Waals surface area contributed by atoms with Crippen LogP contribution in [0.15, 0.2) is 12.7 Å². The first-order valence-electron chi connectivity index (χ1n) is 7.83. The number of unbranched alkanes of at least 4 members (excludes halogenated alkanes) is 2. The third kappa shape index (κ3) is 4.62. The lowest BCUT2D eigenvalue weighted by Crippen LogP contribution is -2.28. The standard InChI is InChI=1S/C16H25N5O/c1-4-7-9-18-15-14(16(22)19-10-8-5-2)21(11-6-3)13(12-17)20-15/h6,18H,3-5,7-11H2,1-2H3,(H,19,22). The van der Waals surface area contributed by atoms with Crippen molar-refractivity contribution in [3.05, 3.63) is 24.2 Å². The Morgan fingerprint density at radius 1 is 1.36 bits per heavy atom. The predicted molar refractivity (Wildman–Crippen MR) is 87.8 cm³/mol. The Bertz CT molecular complexity index is 541. The summed E-state index contributed by atoms with van der Waals surface area (Å²) in [5, 5.41) is 15.3. The summed E-state index contributed by atoms with van der Waals surface area (Å²) in [7, 11) is 0. The van der Waals surface area contributed by atoms with Gasteiger partial charge < -0.3 is 15.2 Å². The fraction of sp³-hybridized carbons (Fsp3) is 0.562. The molecule has 1 rings (SSSR count). The van der Waals surface area contributed by atoms with Crippen LogP contribution in [-0.2, 0) is 6.54 Å². The van der Waals surface area contributed by atoms with Gasteiger partial charge in [0.05, 0.1) is 0 Å². The van der Waals surface area contributed by atoms with Crippen molar-refractivity contribution in [2.24, 2.45) is 0 Å². The molecule has 0 aliphatic carbocycles. The van der Waals surface area contributed by atoms with Crippen LogP contribution in [0.5, 0.6) is 0 Å². The molecule has 0 saturated heterocycles. The second-order valence-electron chi connectivity index (χ2n) is 5.03. The largest absolute Gasteiger partial charge is 0.368 e. The molecule has 0 radical (unpaired) electrons. The summed E-state index contributed by atoms with van der Waals surface area (Å²) in [5.41, 5.74) is 0.406. The number of allylic oxidation sites excluding steroid dienone is 1. The number of amides is 1. The number of aromatic nitrogens is 2. The molecular weight excluding hydrogens is 278 g/mol. The van der Waals surface area contributed by atoms with Gasteiger partial charge in [0.2, 0.25) is 5.82 Å². The quantitative estimate of drug-likeness (QED) is 0.514. The number of rotatable bonds is 10. The highest BCUT2D eigenvalue weighted by Gasteiger charge is 2.22. The molecule has 22 heavy (non-hydrogen) atoms. The van der Waals surface area contributed by atoms with E-state index in [9.17, 15) is 10.1 Å².